The second-order valence-electron chi connectivity index (χ2n) is 4.49. The van der Waals surface area contributed by atoms with Crippen LogP contribution in [-0.4, -0.2) is 6.29 Å². The molecule has 0 bridgehead atoms. The number of carbonyl (C=O) groups is 1. The van der Waals surface area contributed by atoms with Crippen LogP contribution in [0.2, 0.25) is 0 Å². The molecule has 0 N–H and O–H groups in total. The highest BCUT2D eigenvalue weighted by molar-refractivity contribution is 5.58. The number of nitriles is 1. The number of carbonyl (C=O) groups excluding carboxylic acids is 1. The zero-order valence-corrected chi connectivity index (χ0v) is 11.0. The quantitative estimate of drug-likeness (QED) is 0.754. The second-order valence-corrected chi connectivity index (χ2v) is 4.49. The average Bonchev–Trinajstić information content (AvgIpc) is 2.53. The summed E-state index contributed by atoms with van der Waals surface area (Å²) < 4.78 is 5.67. The highest BCUT2D eigenvalue weighted by Crippen LogP contribution is 2.16. The molecule has 2 aromatic carbocycles. The number of benzene rings is 2. The van der Waals surface area contributed by atoms with Crippen molar-refractivity contribution in [1.82, 2.24) is 0 Å². The van der Waals surface area contributed by atoms with Crippen molar-refractivity contribution in [3.05, 3.63) is 65.7 Å². The number of hydrogen-bond acceptors (Lipinski definition) is 3. The van der Waals surface area contributed by atoms with Crippen LogP contribution in [0.4, 0.5) is 0 Å². The Morgan fingerprint density at radius 1 is 1.05 bits per heavy atom. The maximum atomic E-state index is 10.6. The van der Waals surface area contributed by atoms with Crippen molar-refractivity contribution in [2.24, 2.45) is 5.92 Å². The van der Waals surface area contributed by atoms with Crippen LogP contribution in [0, 0.1) is 17.2 Å². The summed E-state index contributed by atoms with van der Waals surface area (Å²) >= 11 is 0. The van der Waals surface area contributed by atoms with Crippen LogP contribution < -0.4 is 4.74 Å². The van der Waals surface area contributed by atoms with Crippen molar-refractivity contribution in [3.63, 3.8) is 0 Å². The van der Waals surface area contributed by atoms with Gasteiger partial charge in [-0.3, -0.25) is 0 Å². The summed E-state index contributed by atoms with van der Waals surface area (Å²) in [4.78, 5) is 10.6. The van der Waals surface area contributed by atoms with Gasteiger partial charge in [0.2, 0.25) is 0 Å². The molecule has 0 amide bonds. The van der Waals surface area contributed by atoms with Crippen LogP contribution in [0.5, 0.6) is 5.75 Å². The van der Waals surface area contributed by atoms with Crippen LogP contribution in [0.25, 0.3) is 0 Å². The molecular weight excluding hydrogens is 250 g/mol. The van der Waals surface area contributed by atoms with Crippen molar-refractivity contribution < 1.29 is 9.53 Å². The third-order valence-corrected chi connectivity index (χ3v) is 2.96. The standard InChI is InChI=1S/C17H15NO2/c18-11-16(12-19)10-14-6-8-17(9-7-14)20-13-15-4-2-1-3-5-15/h1-9,12,16H,10,13H2/t16-/m0/s1. The molecule has 2 rings (SSSR count). The Bertz CT molecular complexity index is 585. The minimum absolute atomic E-state index is 0.443. The molecule has 0 unspecified atom stereocenters. The predicted molar refractivity (Wildman–Crippen MR) is 76.1 cm³/mol. The first-order valence-electron chi connectivity index (χ1n) is 6.42. The first kappa shape index (κ1) is 13.8. The Balaban J connectivity index is 1.92. The predicted octanol–water partition coefficient (Wildman–Crippen LogP) is 3.15. The van der Waals surface area contributed by atoms with E-state index in [1.54, 1.807) is 0 Å². The molecule has 20 heavy (non-hydrogen) atoms. The smallest absolute Gasteiger partial charge is 0.137 e. The number of aldehydes is 1. The monoisotopic (exact) mass is 265 g/mol. The van der Waals surface area contributed by atoms with Gasteiger partial charge in [-0.1, -0.05) is 42.5 Å². The Morgan fingerprint density at radius 3 is 2.35 bits per heavy atom. The molecule has 0 fully saturated rings. The van der Waals surface area contributed by atoms with E-state index in [0.717, 1.165) is 16.9 Å². The van der Waals surface area contributed by atoms with Crippen molar-refractivity contribution in [3.8, 4) is 11.8 Å². The lowest BCUT2D eigenvalue weighted by Gasteiger charge is -2.07. The van der Waals surface area contributed by atoms with Crippen molar-refractivity contribution >= 4 is 6.29 Å². The van der Waals surface area contributed by atoms with Gasteiger partial charge < -0.3 is 9.53 Å². The lowest BCUT2D eigenvalue weighted by atomic mass is 10.0. The molecule has 0 aliphatic carbocycles. The van der Waals surface area contributed by atoms with Gasteiger partial charge in [0.15, 0.2) is 0 Å². The summed E-state index contributed by atoms with van der Waals surface area (Å²) in [6.45, 7) is 0.523. The van der Waals surface area contributed by atoms with E-state index in [0.29, 0.717) is 19.3 Å². The topological polar surface area (TPSA) is 50.1 Å². The normalized spacial score (nSPS) is 11.3. The van der Waals surface area contributed by atoms with Crippen molar-refractivity contribution in [1.29, 1.82) is 5.26 Å². The highest BCUT2D eigenvalue weighted by atomic mass is 16.5. The van der Waals surface area contributed by atoms with E-state index < -0.39 is 5.92 Å². The summed E-state index contributed by atoms with van der Waals surface area (Å²) in [5, 5.41) is 8.75. The third kappa shape index (κ3) is 3.96. The fourth-order valence-corrected chi connectivity index (χ4v) is 1.84. The van der Waals surface area contributed by atoms with E-state index in [-0.39, 0.29) is 0 Å². The summed E-state index contributed by atoms with van der Waals surface area (Å²) in [6.07, 6.45) is 1.12. The van der Waals surface area contributed by atoms with Gasteiger partial charge >= 0.3 is 0 Å². The lowest BCUT2D eigenvalue weighted by Crippen LogP contribution is -2.02. The zero-order chi connectivity index (χ0) is 14.2. The maximum Gasteiger partial charge on any atom is 0.137 e. The number of ether oxygens (including phenoxy) is 1. The van der Waals surface area contributed by atoms with Crippen LogP contribution in [0.15, 0.2) is 54.6 Å². The van der Waals surface area contributed by atoms with Crippen LogP contribution in [-0.2, 0) is 17.8 Å². The Labute approximate surface area is 118 Å². The first-order chi connectivity index (χ1) is 9.81. The van der Waals surface area contributed by atoms with Gasteiger partial charge in [0.1, 0.15) is 24.6 Å². The summed E-state index contributed by atoms with van der Waals surface area (Å²) in [7, 11) is 0. The molecule has 0 aromatic heterocycles. The van der Waals surface area contributed by atoms with Gasteiger partial charge in [-0.2, -0.15) is 5.26 Å². The molecule has 0 spiro atoms. The maximum absolute atomic E-state index is 10.6. The van der Waals surface area contributed by atoms with Gasteiger partial charge in [-0.25, -0.2) is 0 Å². The number of nitrogens with zero attached hydrogens (tertiary/aromatic N) is 1. The number of hydrogen-bond donors (Lipinski definition) is 0. The van der Waals surface area contributed by atoms with Gasteiger partial charge in [-0.05, 0) is 29.7 Å². The Kier molecular flexibility index (Phi) is 4.91. The van der Waals surface area contributed by atoms with E-state index in [1.807, 2.05) is 60.7 Å². The highest BCUT2D eigenvalue weighted by Gasteiger charge is 2.06. The van der Waals surface area contributed by atoms with Gasteiger partial charge in [0.05, 0.1) is 6.07 Å². The van der Waals surface area contributed by atoms with Gasteiger partial charge in [0, 0.05) is 0 Å². The molecule has 0 saturated heterocycles. The van der Waals surface area contributed by atoms with Crippen molar-refractivity contribution in [2.45, 2.75) is 13.0 Å². The second kappa shape index (κ2) is 7.10. The molecule has 0 aliphatic rings. The van der Waals surface area contributed by atoms with Gasteiger partial charge in [0.25, 0.3) is 0 Å². The van der Waals surface area contributed by atoms with Crippen LogP contribution >= 0.6 is 0 Å². The van der Waals surface area contributed by atoms with Crippen LogP contribution in [0.1, 0.15) is 11.1 Å². The average molecular weight is 265 g/mol. The Morgan fingerprint density at radius 2 is 1.75 bits per heavy atom. The minimum atomic E-state index is -0.578. The lowest BCUT2D eigenvalue weighted by molar-refractivity contribution is -0.109. The molecule has 0 heterocycles. The third-order valence-electron chi connectivity index (χ3n) is 2.96. The fourth-order valence-electron chi connectivity index (χ4n) is 1.84. The molecule has 0 saturated carbocycles. The minimum Gasteiger partial charge on any atom is -0.489 e. The summed E-state index contributed by atoms with van der Waals surface area (Å²) in [6, 6.07) is 19.4. The first-order valence-corrected chi connectivity index (χ1v) is 6.42. The largest absolute Gasteiger partial charge is 0.489 e. The molecule has 0 radical (unpaired) electrons. The molecule has 3 nitrogen and oxygen atoms in total. The summed E-state index contributed by atoms with van der Waals surface area (Å²) in [5.41, 5.74) is 2.07. The molecule has 1 atom stereocenters. The van der Waals surface area contributed by atoms with Crippen LogP contribution in [0.3, 0.4) is 0 Å². The molecule has 2 aromatic rings. The van der Waals surface area contributed by atoms with E-state index in [4.69, 9.17) is 10.00 Å². The molecule has 100 valence electrons. The van der Waals surface area contributed by atoms with E-state index in [9.17, 15) is 4.79 Å². The van der Waals surface area contributed by atoms with E-state index in [2.05, 4.69) is 0 Å². The Hall–Kier alpha value is -2.60. The van der Waals surface area contributed by atoms with Crippen molar-refractivity contribution in [2.75, 3.05) is 0 Å². The molecule has 0 aliphatic heterocycles. The van der Waals surface area contributed by atoms with Gasteiger partial charge in [-0.15, -0.1) is 0 Å². The summed E-state index contributed by atoms with van der Waals surface area (Å²) in [5.74, 6) is 0.198. The van der Waals surface area contributed by atoms with E-state index in [1.165, 1.54) is 0 Å². The fraction of sp³-hybridized carbons (Fsp3) is 0.176. The number of rotatable bonds is 6. The molecule has 3 heteroatoms. The zero-order valence-electron chi connectivity index (χ0n) is 11.0. The SMILES string of the molecule is N#C[C@@H](C=O)Cc1ccc(OCc2ccccc2)cc1. The van der Waals surface area contributed by atoms with E-state index >= 15 is 0 Å². The molecular formula is C17H15NO2.